The molecule has 7 nitrogen and oxygen atoms in total. The highest BCUT2D eigenvalue weighted by Crippen LogP contribution is 2.21. The lowest BCUT2D eigenvalue weighted by Gasteiger charge is -2.36. The number of hydrogen-bond acceptors (Lipinski definition) is 6. The van der Waals surface area contributed by atoms with Gasteiger partial charge in [-0.3, -0.25) is 4.79 Å². The van der Waals surface area contributed by atoms with Crippen LogP contribution in [0.25, 0.3) is 0 Å². The Balaban J connectivity index is 1.38. The number of nitrogens with zero attached hydrogens (tertiary/aromatic N) is 6. The third-order valence-electron chi connectivity index (χ3n) is 5.45. The molecule has 8 heteroatoms. The van der Waals surface area contributed by atoms with Crippen molar-refractivity contribution in [2.45, 2.75) is 0 Å². The molecule has 0 N–H and O–H groups in total. The van der Waals surface area contributed by atoms with Crippen molar-refractivity contribution in [3.63, 3.8) is 0 Å². The van der Waals surface area contributed by atoms with Crippen LogP contribution in [0.2, 0.25) is 0 Å². The highest BCUT2D eigenvalue weighted by molar-refractivity contribution is 9.10. The Morgan fingerprint density at radius 2 is 1.39 bits per heavy atom. The van der Waals surface area contributed by atoms with E-state index < -0.39 is 0 Å². The Bertz CT molecular complexity index is 814. The van der Waals surface area contributed by atoms with Crippen LogP contribution < -0.4 is 9.80 Å². The molecule has 0 aliphatic carbocycles. The summed E-state index contributed by atoms with van der Waals surface area (Å²) in [5, 5.41) is 0. The Morgan fingerprint density at radius 3 is 1.96 bits per heavy atom. The van der Waals surface area contributed by atoms with Gasteiger partial charge in [-0.15, -0.1) is 0 Å². The van der Waals surface area contributed by atoms with Crippen LogP contribution in [0.1, 0.15) is 10.4 Å². The van der Waals surface area contributed by atoms with Crippen molar-refractivity contribution in [1.29, 1.82) is 0 Å². The topological polar surface area (TPSA) is 55.8 Å². The molecule has 2 aliphatic rings. The first-order valence-corrected chi connectivity index (χ1v) is 10.4. The number of hydrogen-bond donors (Lipinski definition) is 0. The number of aromatic nitrogens is 2. The maximum absolute atomic E-state index is 12.7. The van der Waals surface area contributed by atoms with E-state index in [1.165, 1.54) is 0 Å². The van der Waals surface area contributed by atoms with Gasteiger partial charge in [0.2, 0.25) is 0 Å². The van der Waals surface area contributed by atoms with Gasteiger partial charge in [-0.1, -0.05) is 15.9 Å². The number of carbonyl (C=O) groups is 1. The second kappa shape index (κ2) is 8.45. The number of benzene rings is 1. The molecule has 3 heterocycles. The lowest BCUT2D eigenvalue weighted by molar-refractivity contribution is 0.0746. The minimum absolute atomic E-state index is 0.0907. The quantitative estimate of drug-likeness (QED) is 0.720. The standard InChI is InChI=1S/C20H25BrN6O/c1-24-6-8-25(9-7-24)18-14-19(23-15-22-18)26-10-12-27(13-11-26)20(28)16-2-4-17(21)5-3-16/h2-5,14-15H,6-13H2,1H3. The summed E-state index contributed by atoms with van der Waals surface area (Å²) in [6.07, 6.45) is 1.66. The number of anilines is 2. The first-order valence-electron chi connectivity index (χ1n) is 9.65. The van der Waals surface area contributed by atoms with Gasteiger partial charge < -0.3 is 19.6 Å². The van der Waals surface area contributed by atoms with Gasteiger partial charge in [-0.2, -0.15) is 0 Å². The third kappa shape index (κ3) is 4.28. The van der Waals surface area contributed by atoms with E-state index in [1.54, 1.807) is 6.33 Å². The zero-order valence-corrected chi connectivity index (χ0v) is 17.7. The minimum atomic E-state index is 0.0907. The summed E-state index contributed by atoms with van der Waals surface area (Å²) in [4.78, 5) is 30.5. The molecule has 0 bridgehead atoms. The van der Waals surface area contributed by atoms with E-state index in [0.29, 0.717) is 13.1 Å². The highest BCUT2D eigenvalue weighted by Gasteiger charge is 2.24. The van der Waals surface area contributed by atoms with Crippen LogP contribution in [0, 0.1) is 0 Å². The molecule has 1 aromatic heterocycles. The molecule has 4 rings (SSSR count). The van der Waals surface area contributed by atoms with Crippen molar-refractivity contribution >= 4 is 33.5 Å². The van der Waals surface area contributed by atoms with Gasteiger partial charge in [0, 0.05) is 68.5 Å². The average Bonchev–Trinajstić information content (AvgIpc) is 2.74. The molecular weight excluding hydrogens is 420 g/mol. The Labute approximate surface area is 174 Å². The van der Waals surface area contributed by atoms with Gasteiger partial charge in [-0.25, -0.2) is 9.97 Å². The molecule has 148 valence electrons. The van der Waals surface area contributed by atoms with E-state index >= 15 is 0 Å². The van der Waals surface area contributed by atoms with Gasteiger partial charge >= 0.3 is 0 Å². The van der Waals surface area contributed by atoms with Crippen LogP contribution in [0.4, 0.5) is 11.6 Å². The molecule has 0 saturated carbocycles. The number of halogens is 1. The van der Waals surface area contributed by atoms with Gasteiger partial charge in [0.25, 0.3) is 5.91 Å². The van der Waals surface area contributed by atoms with Gasteiger partial charge in [-0.05, 0) is 31.3 Å². The normalized spacial score (nSPS) is 18.4. The molecule has 2 fully saturated rings. The van der Waals surface area contributed by atoms with Crippen molar-refractivity contribution in [2.75, 3.05) is 69.2 Å². The van der Waals surface area contributed by atoms with Crippen LogP contribution in [-0.2, 0) is 0 Å². The molecule has 1 aromatic carbocycles. The van der Waals surface area contributed by atoms with Crippen molar-refractivity contribution in [1.82, 2.24) is 19.8 Å². The SMILES string of the molecule is CN1CCN(c2cc(N3CCN(C(=O)c4ccc(Br)cc4)CC3)ncn2)CC1. The Kier molecular flexibility index (Phi) is 5.77. The lowest BCUT2D eigenvalue weighted by atomic mass is 10.2. The maximum atomic E-state index is 12.7. The van der Waals surface area contributed by atoms with E-state index in [0.717, 1.165) is 60.9 Å². The predicted molar refractivity (Wildman–Crippen MR) is 114 cm³/mol. The molecule has 28 heavy (non-hydrogen) atoms. The van der Waals surface area contributed by atoms with Crippen LogP contribution in [0.15, 0.2) is 41.1 Å². The van der Waals surface area contributed by atoms with Gasteiger partial charge in [0.15, 0.2) is 0 Å². The highest BCUT2D eigenvalue weighted by atomic mass is 79.9. The largest absolute Gasteiger partial charge is 0.354 e. The zero-order valence-electron chi connectivity index (χ0n) is 16.1. The third-order valence-corrected chi connectivity index (χ3v) is 5.98. The fourth-order valence-electron chi connectivity index (χ4n) is 3.63. The minimum Gasteiger partial charge on any atom is -0.354 e. The van der Waals surface area contributed by atoms with E-state index in [4.69, 9.17) is 0 Å². The summed E-state index contributed by atoms with van der Waals surface area (Å²) in [6.45, 7) is 7.03. The monoisotopic (exact) mass is 444 g/mol. The number of carbonyl (C=O) groups excluding carboxylic acids is 1. The average molecular weight is 445 g/mol. The lowest BCUT2D eigenvalue weighted by Crippen LogP contribution is -2.49. The van der Waals surface area contributed by atoms with E-state index in [9.17, 15) is 4.79 Å². The van der Waals surface area contributed by atoms with Gasteiger partial charge in [0.1, 0.15) is 18.0 Å². The summed E-state index contributed by atoms with van der Waals surface area (Å²) in [5.74, 6) is 2.03. The molecule has 0 spiro atoms. The molecular formula is C20H25BrN6O. The molecule has 1 amide bonds. The number of rotatable bonds is 3. The summed E-state index contributed by atoms with van der Waals surface area (Å²) in [5.41, 5.74) is 0.732. The molecule has 0 unspecified atom stereocenters. The Morgan fingerprint density at radius 1 is 0.857 bits per heavy atom. The van der Waals surface area contributed by atoms with E-state index in [2.05, 4.69) is 53.7 Å². The summed E-state index contributed by atoms with van der Waals surface area (Å²) in [6, 6.07) is 9.63. The second-order valence-electron chi connectivity index (χ2n) is 7.31. The molecule has 2 saturated heterocycles. The predicted octanol–water partition coefficient (Wildman–Crippen LogP) is 1.95. The van der Waals surface area contributed by atoms with Crippen molar-refractivity contribution in [3.8, 4) is 0 Å². The van der Waals surface area contributed by atoms with E-state index in [-0.39, 0.29) is 5.91 Å². The first kappa shape index (κ1) is 19.1. The number of likely N-dealkylation sites (N-methyl/N-ethyl adjacent to an activating group) is 1. The van der Waals surface area contributed by atoms with E-state index in [1.807, 2.05) is 29.2 Å². The molecule has 0 atom stereocenters. The second-order valence-corrected chi connectivity index (χ2v) is 8.23. The maximum Gasteiger partial charge on any atom is 0.253 e. The van der Waals surface area contributed by atoms with Crippen molar-refractivity contribution < 1.29 is 4.79 Å². The summed E-state index contributed by atoms with van der Waals surface area (Å²) >= 11 is 3.41. The van der Waals surface area contributed by atoms with Crippen LogP contribution in [0.5, 0.6) is 0 Å². The van der Waals surface area contributed by atoms with Crippen LogP contribution in [-0.4, -0.2) is 85.1 Å². The smallest absolute Gasteiger partial charge is 0.253 e. The Hall–Kier alpha value is -2.19. The number of piperazine rings is 2. The fourth-order valence-corrected chi connectivity index (χ4v) is 3.90. The van der Waals surface area contributed by atoms with Gasteiger partial charge in [0.05, 0.1) is 0 Å². The number of amides is 1. The first-order chi connectivity index (χ1) is 13.6. The van der Waals surface area contributed by atoms with Crippen molar-refractivity contribution in [2.24, 2.45) is 0 Å². The van der Waals surface area contributed by atoms with Crippen LogP contribution in [0.3, 0.4) is 0 Å². The summed E-state index contributed by atoms with van der Waals surface area (Å²) in [7, 11) is 2.15. The molecule has 2 aliphatic heterocycles. The molecule has 0 radical (unpaired) electrons. The molecule has 2 aromatic rings. The van der Waals surface area contributed by atoms with Crippen molar-refractivity contribution in [3.05, 3.63) is 46.7 Å². The fraction of sp³-hybridized carbons (Fsp3) is 0.450. The summed E-state index contributed by atoms with van der Waals surface area (Å²) < 4.78 is 0.980. The zero-order chi connectivity index (χ0) is 19.5. The van der Waals surface area contributed by atoms with Crippen LogP contribution >= 0.6 is 15.9 Å².